The van der Waals surface area contributed by atoms with Gasteiger partial charge in [-0.1, -0.05) is 63.3 Å². The Morgan fingerprint density at radius 1 is 0.810 bits per heavy atom. The van der Waals surface area contributed by atoms with Gasteiger partial charge in [0.25, 0.3) is 0 Å². The van der Waals surface area contributed by atoms with Gasteiger partial charge in [0.1, 0.15) is 34.6 Å². The molecule has 0 bridgehead atoms. The predicted molar refractivity (Wildman–Crippen MR) is 189 cm³/mol. The molecule has 0 radical (unpaired) electrons. The van der Waals surface area contributed by atoms with Crippen LogP contribution in [-0.4, -0.2) is 32.5 Å². The van der Waals surface area contributed by atoms with Gasteiger partial charge in [0, 0.05) is 44.7 Å². The number of hydrogen-bond acceptors (Lipinski definition) is 5. The zero-order valence-corrected chi connectivity index (χ0v) is 28.3. The number of aliphatic imine (C=N–C) groups is 1. The van der Waals surface area contributed by atoms with Crippen molar-refractivity contribution in [3.05, 3.63) is 83.8 Å². The number of rotatable bonds is 8. The number of aromatic nitrogens is 2. The molecule has 0 spiro atoms. The van der Waals surface area contributed by atoms with Crippen molar-refractivity contribution < 1.29 is 0 Å². The molecule has 1 atom stereocenters. The largest absolute Gasteiger partial charge is 0.522 e. The van der Waals surface area contributed by atoms with E-state index in [1.807, 2.05) is 11.8 Å². The molecule has 0 aliphatic carbocycles. The smallest absolute Gasteiger partial charge is 0.334 e. The van der Waals surface area contributed by atoms with Gasteiger partial charge in [-0.2, -0.15) is 0 Å². The van der Waals surface area contributed by atoms with Crippen LogP contribution in [0.2, 0.25) is 0 Å². The summed E-state index contributed by atoms with van der Waals surface area (Å²) >= 11 is 6.90. The molecule has 208 valence electrons. The molecule has 5 aromatic rings. The third-order valence-electron chi connectivity index (χ3n) is 9.07. The minimum atomic E-state index is -0.110. The maximum Gasteiger partial charge on any atom is 0.522 e. The summed E-state index contributed by atoms with van der Waals surface area (Å²) in [6.45, 7) is 2.28. The molecule has 0 saturated carbocycles. The molecule has 1 unspecified atom stereocenters. The Bertz CT molecular complexity index is 2130. The van der Waals surface area contributed by atoms with E-state index in [-0.39, 0.29) is 13.3 Å². The van der Waals surface area contributed by atoms with Gasteiger partial charge in [0.15, 0.2) is 0 Å². The predicted octanol–water partition coefficient (Wildman–Crippen LogP) is 7.94. The highest BCUT2D eigenvalue weighted by Gasteiger charge is 2.53. The topological polar surface area (TPSA) is 50.2 Å². The summed E-state index contributed by atoms with van der Waals surface area (Å²) in [7, 11) is -0.0921. The molecular formula is C32H27BI2N6S. The Labute approximate surface area is 275 Å². The molecule has 4 aliphatic rings. The van der Waals surface area contributed by atoms with Crippen molar-refractivity contribution in [2.75, 3.05) is 5.75 Å². The fraction of sp³-hybridized carbons (Fsp3) is 0.281. The molecule has 42 heavy (non-hydrogen) atoms. The normalized spacial score (nSPS) is 16.9. The number of thioether (sulfide) groups is 1. The number of halogens is 2. The van der Waals surface area contributed by atoms with E-state index in [9.17, 15) is 0 Å². The number of unbranched alkanes of at least 4 members (excludes halogenated alkanes) is 5. The fourth-order valence-electron chi connectivity index (χ4n) is 7.17. The first-order valence-electron chi connectivity index (χ1n) is 14.9. The minimum absolute atomic E-state index is 0.0921. The van der Waals surface area contributed by atoms with Gasteiger partial charge in [0.05, 0.1) is 0 Å². The quantitative estimate of drug-likeness (QED) is 0.0694. The summed E-state index contributed by atoms with van der Waals surface area (Å²) in [5, 5.41) is 4.74. The molecule has 9 rings (SSSR count). The summed E-state index contributed by atoms with van der Waals surface area (Å²) in [6.07, 6.45) is 7.86. The molecule has 3 aromatic carbocycles. The molecule has 10 heteroatoms. The number of nitrogens with zero attached hydrogens (tertiary/aromatic N) is 6. The Hall–Kier alpha value is -2.32. The molecular weight excluding hydrogens is 765 g/mol. The van der Waals surface area contributed by atoms with Crippen LogP contribution in [0.25, 0.3) is 21.5 Å². The lowest BCUT2D eigenvalue weighted by molar-refractivity contribution is 0.441. The van der Waals surface area contributed by atoms with Crippen LogP contribution in [0, 0.1) is 7.14 Å². The number of benzene rings is 3. The van der Waals surface area contributed by atoms with Gasteiger partial charge in [-0.05, 0) is 87.7 Å². The lowest BCUT2D eigenvalue weighted by Gasteiger charge is -2.39. The van der Waals surface area contributed by atoms with Gasteiger partial charge < -0.3 is 13.8 Å². The number of amidine groups is 1. The molecule has 0 N–H and O–H groups in total. The molecule has 6 nitrogen and oxygen atoms in total. The van der Waals surface area contributed by atoms with E-state index >= 15 is 0 Å². The molecule has 0 amide bonds. The first-order valence-corrected chi connectivity index (χ1v) is 18.0. The first kappa shape index (κ1) is 26.1. The second-order valence-electron chi connectivity index (χ2n) is 11.5. The lowest BCUT2D eigenvalue weighted by atomic mass is 9.85. The van der Waals surface area contributed by atoms with Crippen LogP contribution < -0.4 is 11.0 Å². The van der Waals surface area contributed by atoms with Crippen molar-refractivity contribution >= 4 is 103 Å². The van der Waals surface area contributed by atoms with E-state index in [1.54, 1.807) is 0 Å². The monoisotopic (exact) mass is 792 g/mol. The summed E-state index contributed by atoms with van der Waals surface area (Å²) in [6, 6.07) is 20.0. The van der Waals surface area contributed by atoms with E-state index in [0.29, 0.717) is 0 Å². The summed E-state index contributed by atoms with van der Waals surface area (Å²) < 4.78 is 7.18. The van der Waals surface area contributed by atoms with Gasteiger partial charge in [-0.3, -0.25) is 0 Å². The van der Waals surface area contributed by atoms with Gasteiger partial charge in [0.2, 0.25) is 0 Å². The fourth-order valence-corrected chi connectivity index (χ4v) is 9.64. The minimum Gasteiger partial charge on any atom is -0.334 e. The van der Waals surface area contributed by atoms with Gasteiger partial charge in [-0.25, -0.2) is 15.0 Å². The van der Waals surface area contributed by atoms with Gasteiger partial charge >= 0.3 is 7.12 Å². The Morgan fingerprint density at radius 2 is 1.64 bits per heavy atom. The van der Waals surface area contributed by atoms with Crippen molar-refractivity contribution in [3.63, 3.8) is 0 Å². The Balaban J connectivity index is 1.26. The second-order valence-corrected chi connectivity index (χ2v) is 15.0. The van der Waals surface area contributed by atoms with Crippen molar-refractivity contribution in [3.8, 4) is 0 Å². The first-order chi connectivity index (χ1) is 20.7. The number of fused-ring (bicyclic) bond motifs is 9. The number of hydrogen-bond donors (Lipinski definition) is 0. The SMILES string of the molecule is CCCCCCCCSc1ccc2c3n4c(c2c1)=Nc1c2cccc(I)c2c2n1B4N1C(=N2)c2cccc(I)c2C1N=3. The van der Waals surface area contributed by atoms with Gasteiger partial charge in [-0.15, -0.1) is 11.8 Å². The van der Waals surface area contributed by atoms with Crippen LogP contribution >= 0.6 is 56.9 Å². The van der Waals surface area contributed by atoms with E-state index < -0.39 is 0 Å². The third-order valence-corrected chi connectivity index (χ3v) is 12.0. The van der Waals surface area contributed by atoms with E-state index in [2.05, 4.69) is 120 Å². The van der Waals surface area contributed by atoms with E-state index in [1.165, 1.54) is 83.2 Å². The molecule has 0 saturated heterocycles. The Kier molecular flexibility index (Phi) is 6.13. The van der Waals surface area contributed by atoms with Crippen LogP contribution in [0.1, 0.15) is 62.7 Å². The maximum absolute atomic E-state index is 5.48. The average Bonchev–Trinajstić information content (AvgIpc) is 3.62. The average molecular weight is 792 g/mol. The lowest BCUT2D eigenvalue weighted by Crippen LogP contribution is -2.63. The van der Waals surface area contributed by atoms with Crippen molar-refractivity contribution in [2.45, 2.75) is 56.5 Å². The zero-order valence-electron chi connectivity index (χ0n) is 23.1. The van der Waals surface area contributed by atoms with Crippen molar-refractivity contribution in [1.29, 1.82) is 0 Å². The molecule has 6 heterocycles. The third kappa shape index (κ3) is 3.54. The highest BCUT2D eigenvalue weighted by Crippen LogP contribution is 2.49. The summed E-state index contributed by atoms with van der Waals surface area (Å²) in [5.74, 6) is 4.18. The van der Waals surface area contributed by atoms with Crippen LogP contribution in [0.5, 0.6) is 0 Å². The molecule has 2 aromatic heterocycles. The Morgan fingerprint density at radius 3 is 2.55 bits per heavy atom. The van der Waals surface area contributed by atoms with Crippen LogP contribution in [-0.2, 0) is 0 Å². The van der Waals surface area contributed by atoms with Crippen LogP contribution in [0.4, 0.5) is 11.6 Å². The van der Waals surface area contributed by atoms with E-state index in [4.69, 9.17) is 15.0 Å². The molecule has 4 aliphatic heterocycles. The second kappa shape index (κ2) is 9.85. The summed E-state index contributed by atoms with van der Waals surface area (Å²) in [4.78, 5) is 20.0. The maximum atomic E-state index is 5.48. The highest BCUT2D eigenvalue weighted by molar-refractivity contribution is 14.1. The van der Waals surface area contributed by atoms with Crippen molar-refractivity contribution in [2.24, 2.45) is 15.0 Å². The van der Waals surface area contributed by atoms with Crippen LogP contribution in [0.3, 0.4) is 0 Å². The summed E-state index contributed by atoms with van der Waals surface area (Å²) in [5.41, 5.74) is 4.49. The van der Waals surface area contributed by atoms with Crippen molar-refractivity contribution in [1.82, 2.24) is 13.8 Å². The van der Waals surface area contributed by atoms with E-state index in [0.717, 1.165) is 34.2 Å². The standard InChI is InChI=1S/C32H27BI2N6S/c1-2-3-4-5-6-7-16-42-18-14-15-19-22(17-18)30-36-28-20-10-8-12-23(34)25(20)32-38-29-21-11-9-13-24(35)26(21)31-37-27(19)39(30)33(40(28)32)41(29)31/h8-15,17,31H,2-7,16H2,1H3. The molecule has 0 fully saturated rings. The zero-order chi connectivity index (χ0) is 28.1. The van der Waals surface area contributed by atoms with Crippen LogP contribution in [0.15, 0.2) is 74.5 Å². The highest BCUT2D eigenvalue weighted by atomic mass is 127.